The summed E-state index contributed by atoms with van der Waals surface area (Å²) in [7, 11) is 0. The number of piperazine rings is 1. The number of hydrogen-bond donors (Lipinski definition) is 0. The lowest BCUT2D eigenvalue weighted by molar-refractivity contribution is 0.271. The second kappa shape index (κ2) is 6.01. The number of para-hydroxylation sites is 1. The fraction of sp³-hybridized carbons (Fsp3) is 0.533. The number of aryl methyl sites for hydroxylation is 1. The van der Waals surface area contributed by atoms with Gasteiger partial charge in [0.15, 0.2) is 0 Å². The zero-order valence-corrected chi connectivity index (χ0v) is 11.7. The van der Waals surface area contributed by atoms with Crippen molar-refractivity contribution in [1.29, 1.82) is 0 Å². The molecule has 1 heterocycles. The van der Waals surface area contributed by atoms with Crippen LogP contribution >= 0.6 is 0 Å². The van der Waals surface area contributed by atoms with E-state index in [1.54, 1.807) is 0 Å². The molecule has 1 aliphatic heterocycles. The average molecular weight is 245 g/mol. The lowest BCUT2D eigenvalue weighted by Gasteiger charge is -2.36. The maximum absolute atomic E-state index is 4.54. The van der Waals surface area contributed by atoms with Crippen LogP contribution in [-0.4, -0.2) is 43.8 Å². The van der Waals surface area contributed by atoms with E-state index >= 15 is 0 Å². The summed E-state index contributed by atoms with van der Waals surface area (Å²) < 4.78 is 0. The molecule has 0 aliphatic carbocycles. The SMILES string of the molecule is CC=Nc1c(C)cccc1N1CCN(CC)CC1. The first kappa shape index (κ1) is 13.1. The van der Waals surface area contributed by atoms with Crippen LogP contribution in [0.3, 0.4) is 0 Å². The first-order valence-corrected chi connectivity index (χ1v) is 6.82. The Labute approximate surface area is 110 Å². The normalized spacial score (nSPS) is 17.6. The monoisotopic (exact) mass is 245 g/mol. The van der Waals surface area contributed by atoms with Gasteiger partial charge in [-0.25, -0.2) is 0 Å². The highest BCUT2D eigenvalue weighted by Crippen LogP contribution is 2.32. The number of anilines is 1. The van der Waals surface area contributed by atoms with Crippen molar-refractivity contribution < 1.29 is 0 Å². The highest BCUT2D eigenvalue weighted by Gasteiger charge is 2.18. The Morgan fingerprint density at radius 3 is 2.56 bits per heavy atom. The molecule has 0 radical (unpaired) electrons. The van der Waals surface area contributed by atoms with Crippen molar-refractivity contribution in [3.8, 4) is 0 Å². The third kappa shape index (κ3) is 2.72. The van der Waals surface area contributed by atoms with Crippen molar-refractivity contribution >= 4 is 17.6 Å². The van der Waals surface area contributed by atoms with Crippen LogP contribution in [0.15, 0.2) is 23.2 Å². The Balaban J connectivity index is 2.21. The van der Waals surface area contributed by atoms with E-state index in [9.17, 15) is 0 Å². The zero-order chi connectivity index (χ0) is 13.0. The second-order valence-electron chi connectivity index (χ2n) is 4.75. The van der Waals surface area contributed by atoms with E-state index in [0.717, 1.165) is 38.4 Å². The smallest absolute Gasteiger partial charge is 0.0888 e. The molecule has 98 valence electrons. The molecule has 3 nitrogen and oxygen atoms in total. The Bertz CT molecular complexity index is 418. The first-order chi connectivity index (χ1) is 8.76. The van der Waals surface area contributed by atoms with Crippen molar-refractivity contribution in [1.82, 2.24) is 4.90 Å². The summed E-state index contributed by atoms with van der Waals surface area (Å²) in [5.74, 6) is 0. The number of aliphatic imine (C=N–C) groups is 1. The van der Waals surface area contributed by atoms with E-state index in [1.807, 2.05) is 13.1 Å². The van der Waals surface area contributed by atoms with Crippen LogP contribution in [0.25, 0.3) is 0 Å². The van der Waals surface area contributed by atoms with Gasteiger partial charge in [0.1, 0.15) is 0 Å². The number of rotatable bonds is 3. The van der Waals surface area contributed by atoms with Gasteiger partial charge in [0, 0.05) is 32.4 Å². The Morgan fingerprint density at radius 2 is 1.94 bits per heavy atom. The van der Waals surface area contributed by atoms with Gasteiger partial charge in [0.25, 0.3) is 0 Å². The fourth-order valence-electron chi connectivity index (χ4n) is 2.50. The molecular weight excluding hydrogens is 222 g/mol. The van der Waals surface area contributed by atoms with Crippen molar-refractivity contribution in [3.05, 3.63) is 23.8 Å². The van der Waals surface area contributed by atoms with E-state index in [4.69, 9.17) is 0 Å². The van der Waals surface area contributed by atoms with Gasteiger partial charge in [-0.05, 0) is 32.0 Å². The van der Waals surface area contributed by atoms with E-state index < -0.39 is 0 Å². The Hall–Kier alpha value is -1.35. The summed E-state index contributed by atoms with van der Waals surface area (Å²) in [6.45, 7) is 12.0. The molecule has 1 fully saturated rings. The molecule has 1 aromatic carbocycles. The highest BCUT2D eigenvalue weighted by atomic mass is 15.3. The number of likely N-dealkylation sites (N-methyl/N-ethyl adjacent to an activating group) is 1. The minimum Gasteiger partial charge on any atom is -0.367 e. The lowest BCUT2D eigenvalue weighted by atomic mass is 10.1. The van der Waals surface area contributed by atoms with Crippen LogP contribution in [0.1, 0.15) is 19.4 Å². The minimum atomic E-state index is 1.10. The predicted octanol–water partition coefficient (Wildman–Crippen LogP) is 2.86. The lowest BCUT2D eigenvalue weighted by Crippen LogP contribution is -2.46. The molecule has 18 heavy (non-hydrogen) atoms. The van der Waals surface area contributed by atoms with Gasteiger partial charge in [-0.2, -0.15) is 0 Å². The molecule has 1 aliphatic rings. The van der Waals surface area contributed by atoms with Crippen molar-refractivity contribution in [2.45, 2.75) is 20.8 Å². The van der Waals surface area contributed by atoms with Gasteiger partial charge >= 0.3 is 0 Å². The molecule has 2 rings (SSSR count). The summed E-state index contributed by atoms with van der Waals surface area (Å²) in [5.41, 5.74) is 3.66. The zero-order valence-electron chi connectivity index (χ0n) is 11.7. The summed E-state index contributed by atoms with van der Waals surface area (Å²) in [5, 5.41) is 0. The van der Waals surface area contributed by atoms with Gasteiger partial charge in [0.05, 0.1) is 11.4 Å². The van der Waals surface area contributed by atoms with E-state index in [1.165, 1.54) is 11.3 Å². The predicted molar refractivity (Wildman–Crippen MR) is 79.3 cm³/mol. The largest absolute Gasteiger partial charge is 0.367 e. The molecule has 0 amide bonds. The second-order valence-corrected chi connectivity index (χ2v) is 4.75. The molecule has 0 bridgehead atoms. The van der Waals surface area contributed by atoms with E-state index in [0.29, 0.717) is 0 Å². The summed E-state index contributed by atoms with van der Waals surface area (Å²) in [6, 6.07) is 6.45. The molecule has 0 spiro atoms. The van der Waals surface area contributed by atoms with Crippen LogP contribution in [0.5, 0.6) is 0 Å². The topological polar surface area (TPSA) is 18.8 Å². The molecular formula is C15H23N3. The minimum absolute atomic E-state index is 1.10. The van der Waals surface area contributed by atoms with Gasteiger partial charge in [-0.3, -0.25) is 4.99 Å². The van der Waals surface area contributed by atoms with Crippen LogP contribution in [0.2, 0.25) is 0 Å². The Kier molecular flexibility index (Phi) is 4.37. The van der Waals surface area contributed by atoms with Crippen molar-refractivity contribution in [2.24, 2.45) is 4.99 Å². The highest BCUT2D eigenvalue weighted by molar-refractivity contribution is 5.75. The van der Waals surface area contributed by atoms with Gasteiger partial charge in [0.2, 0.25) is 0 Å². The average Bonchev–Trinajstić information content (AvgIpc) is 2.41. The van der Waals surface area contributed by atoms with Crippen LogP contribution < -0.4 is 4.90 Å². The molecule has 3 heteroatoms. The number of nitrogens with zero attached hydrogens (tertiary/aromatic N) is 3. The van der Waals surface area contributed by atoms with Crippen LogP contribution in [0, 0.1) is 6.92 Å². The molecule has 1 aromatic rings. The third-order valence-corrected chi connectivity index (χ3v) is 3.63. The van der Waals surface area contributed by atoms with Crippen LogP contribution in [-0.2, 0) is 0 Å². The summed E-state index contributed by atoms with van der Waals surface area (Å²) in [4.78, 5) is 9.50. The summed E-state index contributed by atoms with van der Waals surface area (Å²) >= 11 is 0. The molecule has 1 saturated heterocycles. The number of hydrogen-bond acceptors (Lipinski definition) is 3. The molecule has 0 aromatic heterocycles. The molecule has 0 unspecified atom stereocenters. The van der Waals surface area contributed by atoms with Gasteiger partial charge < -0.3 is 9.80 Å². The van der Waals surface area contributed by atoms with Crippen LogP contribution in [0.4, 0.5) is 11.4 Å². The molecule has 0 saturated carbocycles. The third-order valence-electron chi connectivity index (χ3n) is 3.63. The standard InChI is InChI=1S/C15H23N3/c1-4-16-15-13(3)7-6-8-14(15)18-11-9-17(5-2)10-12-18/h4,6-8H,5,9-12H2,1-3H3. The Morgan fingerprint density at radius 1 is 1.22 bits per heavy atom. The maximum atomic E-state index is 4.54. The fourth-order valence-corrected chi connectivity index (χ4v) is 2.50. The van der Waals surface area contributed by atoms with Gasteiger partial charge in [-0.15, -0.1) is 0 Å². The van der Waals surface area contributed by atoms with E-state index in [2.05, 4.69) is 46.8 Å². The van der Waals surface area contributed by atoms with Crippen molar-refractivity contribution in [3.63, 3.8) is 0 Å². The van der Waals surface area contributed by atoms with E-state index in [-0.39, 0.29) is 0 Å². The summed E-state index contributed by atoms with van der Waals surface area (Å²) in [6.07, 6.45) is 1.88. The molecule has 0 N–H and O–H groups in total. The number of benzene rings is 1. The maximum Gasteiger partial charge on any atom is 0.0888 e. The molecule has 0 atom stereocenters. The first-order valence-electron chi connectivity index (χ1n) is 6.82. The van der Waals surface area contributed by atoms with Crippen molar-refractivity contribution in [2.75, 3.05) is 37.6 Å². The van der Waals surface area contributed by atoms with Gasteiger partial charge in [-0.1, -0.05) is 19.1 Å². The quantitative estimate of drug-likeness (QED) is 0.763.